The Morgan fingerprint density at radius 3 is 2.35 bits per heavy atom. The van der Waals surface area contributed by atoms with Crippen LogP contribution >= 0.6 is 23.2 Å². The predicted molar refractivity (Wildman–Crippen MR) is 124 cm³/mol. The van der Waals surface area contributed by atoms with Crippen molar-refractivity contribution >= 4 is 40.7 Å². The van der Waals surface area contributed by atoms with Gasteiger partial charge in [0.25, 0.3) is 11.7 Å². The monoisotopic (exact) mass is 503 g/mol. The number of aromatic hydroxyl groups is 1. The van der Waals surface area contributed by atoms with E-state index in [9.17, 15) is 19.8 Å². The number of ketones is 1. The number of hydrogen-bond acceptors (Lipinski definition) is 7. The van der Waals surface area contributed by atoms with Gasteiger partial charge in [-0.05, 0) is 35.9 Å². The van der Waals surface area contributed by atoms with Crippen molar-refractivity contribution in [3.63, 3.8) is 0 Å². The Bertz CT molecular complexity index is 1280. The predicted octanol–water partition coefficient (Wildman–Crippen LogP) is 4.93. The molecule has 2 N–H and O–H groups in total. The van der Waals surface area contributed by atoms with Crippen LogP contribution in [0, 0.1) is 0 Å². The lowest BCUT2D eigenvalue weighted by Crippen LogP contribution is -2.29. The largest absolute Gasteiger partial charge is 0.508 e. The molecule has 1 fully saturated rings. The number of phenols is 1. The van der Waals surface area contributed by atoms with E-state index in [0.717, 1.165) is 0 Å². The summed E-state index contributed by atoms with van der Waals surface area (Å²) in [4.78, 5) is 27.5. The summed E-state index contributed by atoms with van der Waals surface area (Å²) in [6.45, 7) is -0.0266. The number of aliphatic hydroxyl groups excluding tert-OH is 1. The lowest BCUT2D eigenvalue weighted by atomic mass is 9.94. The number of Topliss-reactive ketones (excluding diaryl/α,β-unsaturated/α-hetero) is 1. The molecule has 1 amide bonds. The maximum atomic E-state index is 13.2. The Kier molecular flexibility index (Phi) is 6.45. The van der Waals surface area contributed by atoms with Gasteiger partial charge in [-0.15, -0.1) is 0 Å². The SMILES string of the molecule is COc1c(Cl)cc(/C(O)=C2\C(=O)C(=O)N(Cc3ccco3)C2c2ccc(O)cc2)c(OC)c1Cl. The van der Waals surface area contributed by atoms with Crippen LogP contribution in [-0.2, 0) is 16.1 Å². The van der Waals surface area contributed by atoms with Gasteiger partial charge in [-0.2, -0.15) is 0 Å². The molecule has 10 heteroatoms. The number of aliphatic hydroxyl groups is 1. The molecular formula is C24H19Cl2NO7. The van der Waals surface area contributed by atoms with E-state index < -0.39 is 23.5 Å². The zero-order valence-electron chi connectivity index (χ0n) is 18.0. The number of carbonyl (C=O) groups excluding carboxylic acids is 2. The number of hydrogen-bond donors (Lipinski definition) is 2. The van der Waals surface area contributed by atoms with Gasteiger partial charge in [-0.1, -0.05) is 35.3 Å². The summed E-state index contributed by atoms with van der Waals surface area (Å²) in [5.41, 5.74) is 0.297. The number of rotatable bonds is 6. The van der Waals surface area contributed by atoms with Crippen molar-refractivity contribution in [2.75, 3.05) is 14.2 Å². The highest BCUT2D eigenvalue weighted by Crippen LogP contribution is 2.47. The molecule has 0 bridgehead atoms. The number of ether oxygens (including phenoxy) is 2. The first-order valence-corrected chi connectivity index (χ1v) is 10.7. The zero-order valence-corrected chi connectivity index (χ0v) is 19.6. The van der Waals surface area contributed by atoms with Crippen LogP contribution < -0.4 is 9.47 Å². The number of benzene rings is 2. The first kappa shape index (κ1) is 23.5. The van der Waals surface area contributed by atoms with E-state index in [4.69, 9.17) is 37.1 Å². The fourth-order valence-corrected chi connectivity index (χ4v) is 4.60. The number of likely N-dealkylation sites (tertiary alicyclic amines) is 1. The number of furan rings is 1. The topological polar surface area (TPSA) is 109 Å². The molecule has 3 aromatic rings. The molecule has 2 aromatic carbocycles. The van der Waals surface area contributed by atoms with Crippen LogP contribution in [0.5, 0.6) is 17.2 Å². The molecule has 0 saturated carbocycles. The van der Waals surface area contributed by atoms with Gasteiger partial charge >= 0.3 is 0 Å². The summed E-state index contributed by atoms with van der Waals surface area (Å²) in [5.74, 6) is -1.68. The Morgan fingerprint density at radius 2 is 1.76 bits per heavy atom. The Morgan fingerprint density at radius 1 is 1.09 bits per heavy atom. The molecule has 2 heterocycles. The van der Waals surface area contributed by atoms with Crippen molar-refractivity contribution < 1.29 is 33.7 Å². The zero-order chi connectivity index (χ0) is 24.6. The number of amides is 1. The Hall–Kier alpha value is -3.62. The van der Waals surface area contributed by atoms with Crippen LogP contribution in [-0.4, -0.2) is 41.0 Å². The normalized spacial score (nSPS) is 17.3. The van der Waals surface area contributed by atoms with Crippen LogP contribution in [0.4, 0.5) is 0 Å². The third-order valence-electron chi connectivity index (χ3n) is 5.45. The maximum absolute atomic E-state index is 13.2. The van der Waals surface area contributed by atoms with Gasteiger partial charge in [0.05, 0.1) is 49.2 Å². The summed E-state index contributed by atoms with van der Waals surface area (Å²) in [5, 5.41) is 21.1. The number of halogens is 2. The molecule has 1 aromatic heterocycles. The standard InChI is InChI=1S/C24H19Cl2NO7/c1-32-22-15(10-16(25)23(33-2)18(22)26)20(29)17-19(12-5-7-13(28)8-6-12)27(24(31)21(17)30)11-14-4-3-9-34-14/h3-10,19,28-29H,11H2,1-2H3/b20-17+. The second-order valence-electron chi connectivity index (χ2n) is 7.38. The summed E-state index contributed by atoms with van der Waals surface area (Å²) in [6, 6.07) is 9.63. The van der Waals surface area contributed by atoms with Crippen LogP contribution in [0.25, 0.3) is 5.76 Å². The lowest BCUT2D eigenvalue weighted by molar-refractivity contribution is -0.140. The van der Waals surface area contributed by atoms with Crippen molar-refractivity contribution in [1.29, 1.82) is 0 Å². The first-order chi connectivity index (χ1) is 16.3. The Labute approximate surface area is 204 Å². The number of phenolic OH excluding ortho intramolecular Hbond substituents is 1. The van der Waals surface area contributed by atoms with Crippen LogP contribution in [0.15, 0.2) is 58.7 Å². The Balaban J connectivity index is 1.95. The quantitative estimate of drug-likeness (QED) is 0.278. The summed E-state index contributed by atoms with van der Waals surface area (Å²) >= 11 is 12.6. The van der Waals surface area contributed by atoms with Gasteiger partial charge < -0.3 is 29.0 Å². The van der Waals surface area contributed by atoms with Crippen molar-refractivity contribution in [3.8, 4) is 17.2 Å². The van der Waals surface area contributed by atoms with E-state index in [-0.39, 0.29) is 45.0 Å². The van der Waals surface area contributed by atoms with Gasteiger partial charge in [0, 0.05) is 0 Å². The third-order valence-corrected chi connectivity index (χ3v) is 6.07. The molecule has 1 saturated heterocycles. The van der Waals surface area contributed by atoms with E-state index in [0.29, 0.717) is 11.3 Å². The molecule has 1 unspecified atom stereocenters. The average Bonchev–Trinajstić information content (AvgIpc) is 3.42. The first-order valence-electron chi connectivity index (χ1n) is 9.98. The minimum absolute atomic E-state index is 0.00197. The minimum Gasteiger partial charge on any atom is -0.508 e. The molecule has 0 radical (unpaired) electrons. The van der Waals surface area contributed by atoms with Gasteiger partial charge in [-0.3, -0.25) is 9.59 Å². The molecule has 1 atom stereocenters. The highest BCUT2D eigenvalue weighted by atomic mass is 35.5. The third kappa shape index (κ3) is 3.95. The highest BCUT2D eigenvalue weighted by Gasteiger charge is 2.46. The molecule has 0 spiro atoms. The van der Waals surface area contributed by atoms with Crippen molar-refractivity contribution in [2.24, 2.45) is 0 Å². The van der Waals surface area contributed by atoms with Crippen molar-refractivity contribution in [3.05, 3.63) is 81.2 Å². The van der Waals surface area contributed by atoms with E-state index >= 15 is 0 Å². The molecule has 1 aliphatic rings. The van der Waals surface area contributed by atoms with Gasteiger partial charge in [0.2, 0.25) is 0 Å². The molecule has 1 aliphatic heterocycles. The lowest BCUT2D eigenvalue weighted by Gasteiger charge is -2.25. The second-order valence-corrected chi connectivity index (χ2v) is 8.17. The van der Waals surface area contributed by atoms with Crippen molar-refractivity contribution in [1.82, 2.24) is 4.90 Å². The van der Waals surface area contributed by atoms with E-state index in [1.54, 1.807) is 24.3 Å². The fourth-order valence-electron chi connectivity index (χ4n) is 3.91. The number of methoxy groups -OCH3 is 2. The van der Waals surface area contributed by atoms with Crippen LogP contribution in [0.2, 0.25) is 10.0 Å². The van der Waals surface area contributed by atoms with Gasteiger partial charge in [0.15, 0.2) is 11.5 Å². The summed E-state index contributed by atoms with van der Waals surface area (Å²) in [6.07, 6.45) is 1.45. The molecule has 176 valence electrons. The molecule has 4 rings (SSSR count). The molecule has 0 aliphatic carbocycles. The second kappa shape index (κ2) is 9.32. The van der Waals surface area contributed by atoms with E-state index in [1.165, 1.54) is 43.6 Å². The van der Waals surface area contributed by atoms with Gasteiger partial charge in [-0.25, -0.2) is 0 Å². The molecule has 8 nitrogen and oxygen atoms in total. The summed E-state index contributed by atoms with van der Waals surface area (Å²) < 4.78 is 15.9. The molecular weight excluding hydrogens is 485 g/mol. The summed E-state index contributed by atoms with van der Waals surface area (Å²) in [7, 11) is 2.70. The van der Waals surface area contributed by atoms with E-state index in [1.807, 2.05) is 0 Å². The van der Waals surface area contributed by atoms with Gasteiger partial charge in [0.1, 0.15) is 22.3 Å². The number of nitrogens with zero attached hydrogens (tertiary/aromatic N) is 1. The maximum Gasteiger partial charge on any atom is 0.296 e. The van der Waals surface area contributed by atoms with E-state index in [2.05, 4.69) is 0 Å². The average molecular weight is 504 g/mol. The minimum atomic E-state index is -0.991. The van der Waals surface area contributed by atoms with Crippen molar-refractivity contribution in [2.45, 2.75) is 12.6 Å². The number of carbonyl (C=O) groups is 2. The highest BCUT2D eigenvalue weighted by molar-refractivity contribution is 6.47. The smallest absolute Gasteiger partial charge is 0.296 e. The molecule has 34 heavy (non-hydrogen) atoms. The van der Waals surface area contributed by atoms with Crippen LogP contribution in [0.1, 0.15) is 22.9 Å². The van der Waals surface area contributed by atoms with Crippen LogP contribution in [0.3, 0.4) is 0 Å². The fraction of sp³-hybridized carbons (Fsp3) is 0.167.